The fourth-order valence-electron chi connectivity index (χ4n) is 2.89. The van der Waals surface area contributed by atoms with E-state index in [4.69, 9.17) is 5.10 Å². The van der Waals surface area contributed by atoms with Crippen LogP contribution in [0.25, 0.3) is 0 Å². The van der Waals surface area contributed by atoms with Crippen molar-refractivity contribution in [2.45, 2.75) is 72.4 Å². The van der Waals surface area contributed by atoms with Crippen molar-refractivity contribution in [3.8, 4) is 0 Å². The molecule has 108 valence electrons. The topological polar surface area (TPSA) is 29.9 Å². The molecule has 0 spiro atoms. The molecule has 0 bridgehead atoms. The van der Waals surface area contributed by atoms with Crippen LogP contribution in [0.15, 0.2) is 0 Å². The lowest BCUT2D eigenvalue weighted by molar-refractivity contribution is 0.429. The van der Waals surface area contributed by atoms with Gasteiger partial charge in [-0.3, -0.25) is 4.68 Å². The normalized spacial score (nSPS) is 17.2. The molecule has 1 heterocycles. The highest BCUT2D eigenvalue weighted by atomic mass is 15.3. The lowest BCUT2D eigenvalue weighted by atomic mass is 10.1. The number of nitrogens with zero attached hydrogens (tertiary/aromatic N) is 2. The monoisotopic (exact) mass is 263 g/mol. The molecule has 1 N–H and O–H groups in total. The highest BCUT2D eigenvalue weighted by Gasteiger charge is 2.31. The minimum absolute atomic E-state index is 0.583. The quantitative estimate of drug-likeness (QED) is 0.764. The maximum absolute atomic E-state index is 4.78. The molecular formula is C16H29N3. The van der Waals surface area contributed by atoms with E-state index in [0.717, 1.165) is 18.9 Å². The lowest BCUT2D eigenvalue weighted by Gasteiger charge is -2.13. The summed E-state index contributed by atoms with van der Waals surface area (Å²) in [5.74, 6) is 0.869. The van der Waals surface area contributed by atoms with Gasteiger partial charge in [-0.2, -0.15) is 5.10 Å². The Hall–Kier alpha value is -0.830. The third-order valence-electron chi connectivity index (χ3n) is 4.32. The minimum Gasteiger partial charge on any atom is -0.315 e. The highest BCUT2D eigenvalue weighted by molar-refractivity contribution is 5.25. The average Bonchev–Trinajstić information content (AvgIpc) is 3.14. The van der Waals surface area contributed by atoms with Gasteiger partial charge in [0.1, 0.15) is 0 Å². The molecule has 2 rings (SSSR count). The second-order valence-electron chi connectivity index (χ2n) is 6.38. The van der Waals surface area contributed by atoms with Gasteiger partial charge in [-0.05, 0) is 64.5 Å². The molecule has 0 radical (unpaired) electrons. The van der Waals surface area contributed by atoms with Crippen LogP contribution in [0, 0.1) is 19.8 Å². The molecule has 1 aliphatic rings. The Balaban J connectivity index is 1.96. The summed E-state index contributed by atoms with van der Waals surface area (Å²) in [6, 6.07) is 1.17. The van der Waals surface area contributed by atoms with E-state index in [-0.39, 0.29) is 0 Å². The van der Waals surface area contributed by atoms with Gasteiger partial charge in [-0.25, -0.2) is 0 Å². The number of rotatable bonds is 7. The Labute approximate surface area is 117 Å². The number of nitrogens with one attached hydrogen (secondary N) is 1. The molecule has 1 aromatic rings. The van der Waals surface area contributed by atoms with E-state index in [1.54, 1.807) is 0 Å². The first-order valence-electron chi connectivity index (χ1n) is 7.78. The molecule has 0 saturated heterocycles. The number of aromatic nitrogens is 2. The van der Waals surface area contributed by atoms with Gasteiger partial charge in [0.05, 0.1) is 11.7 Å². The summed E-state index contributed by atoms with van der Waals surface area (Å²) in [5, 5.41) is 8.27. The smallest absolute Gasteiger partial charge is 0.0628 e. The molecule has 1 aromatic heterocycles. The Kier molecular flexibility index (Phi) is 4.67. The van der Waals surface area contributed by atoms with Crippen molar-refractivity contribution in [1.82, 2.24) is 15.1 Å². The predicted octanol–water partition coefficient (Wildman–Crippen LogP) is 3.40. The Morgan fingerprint density at radius 3 is 2.53 bits per heavy atom. The Bertz CT molecular complexity index is 416. The zero-order valence-corrected chi connectivity index (χ0v) is 13.2. The molecule has 0 amide bonds. The van der Waals surface area contributed by atoms with Crippen molar-refractivity contribution in [3.63, 3.8) is 0 Å². The molecular weight excluding hydrogens is 234 g/mol. The van der Waals surface area contributed by atoms with E-state index in [9.17, 15) is 0 Å². The second kappa shape index (κ2) is 6.08. The van der Waals surface area contributed by atoms with Gasteiger partial charge in [-0.15, -0.1) is 0 Å². The number of aryl methyl sites for hydroxylation is 1. The molecule has 1 atom stereocenters. The molecule has 19 heavy (non-hydrogen) atoms. The van der Waals surface area contributed by atoms with Crippen LogP contribution in [0.3, 0.4) is 0 Å². The van der Waals surface area contributed by atoms with Gasteiger partial charge in [-0.1, -0.05) is 13.8 Å². The molecule has 1 fully saturated rings. The van der Waals surface area contributed by atoms with E-state index < -0.39 is 0 Å². The number of hydrogen-bond donors (Lipinski definition) is 1. The average molecular weight is 263 g/mol. The van der Waals surface area contributed by atoms with Crippen molar-refractivity contribution >= 4 is 0 Å². The van der Waals surface area contributed by atoms with Crippen LogP contribution in [0.5, 0.6) is 0 Å². The second-order valence-corrected chi connectivity index (χ2v) is 6.38. The summed E-state index contributed by atoms with van der Waals surface area (Å²) in [4.78, 5) is 0. The summed E-state index contributed by atoms with van der Waals surface area (Å²) < 4.78 is 2.28. The van der Waals surface area contributed by atoms with E-state index in [0.29, 0.717) is 12.1 Å². The van der Waals surface area contributed by atoms with Crippen LogP contribution in [-0.4, -0.2) is 22.4 Å². The van der Waals surface area contributed by atoms with Gasteiger partial charge in [0, 0.05) is 11.7 Å². The first kappa shape index (κ1) is 14.6. The minimum atomic E-state index is 0.583. The highest BCUT2D eigenvalue weighted by Crippen LogP contribution is 2.40. The molecule has 1 unspecified atom stereocenters. The molecule has 1 aliphatic carbocycles. The van der Waals surface area contributed by atoms with E-state index in [1.165, 1.54) is 36.2 Å². The van der Waals surface area contributed by atoms with Crippen LogP contribution < -0.4 is 5.32 Å². The maximum Gasteiger partial charge on any atom is 0.0628 e. The van der Waals surface area contributed by atoms with Crippen molar-refractivity contribution in [2.75, 3.05) is 6.54 Å². The first-order chi connectivity index (χ1) is 9.00. The lowest BCUT2D eigenvalue weighted by Crippen LogP contribution is -2.24. The SMILES string of the molecule is Cc1nn(C(C)C2CC2)c(C)c1CCCNC(C)C. The third-order valence-corrected chi connectivity index (χ3v) is 4.32. The summed E-state index contributed by atoms with van der Waals surface area (Å²) in [5.41, 5.74) is 4.09. The zero-order chi connectivity index (χ0) is 14.0. The molecule has 1 saturated carbocycles. The summed E-state index contributed by atoms with van der Waals surface area (Å²) in [7, 11) is 0. The van der Waals surface area contributed by atoms with Crippen LogP contribution in [0.4, 0.5) is 0 Å². The van der Waals surface area contributed by atoms with Gasteiger partial charge in [0.15, 0.2) is 0 Å². The molecule has 0 aromatic carbocycles. The van der Waals surface area contributed by atoms with Crippen molar-refractivity contribution in [3.05, 3.63) is 17.0 Å². The van der Waals surface area contributed by atoms with Crippen molar-refractivity contribution in [2.24, 2.45) is 5.92 Å². The van der Waals surface area contributed by atoms with Gasteiger partial charge >= 0.3 is 0 Å². The fraction of sp³-hybridized carbons (Fsp3) is 0.812. The van der Waals surface area contributed by atoms with E-state index in [2.05, 4.69) is 44.6 Å². The fourth-order valence-corrected chi connectivity index (χ4v) is 2.89. The van der Waals surface area contributed by atoms with Gasteiger partial charge in [0.25, 0.3) is 0 Å². The summed E-state index contributed by atoms with van der Waals surface area (Å²) in [6.07, 6.45) is 5.11. The standard InChI is InChI=1S/C16H29N3/c1-11(2)17-10-6-7-16-12(3)18-19(14(16)5)13(4)15-8-9-15/h11,13,15,17H,6-10H2,1-5H3. The van der Waals surface area contributed by atoms with Crippen LogP contribution in [0.2, 0.25) is 0 Å². The predicted molar refractivity (Wildman–Crippen MR) is 80.6 cm³/mol. The number of hydrogen-bond acceptors (Lipinski definition) is 2. The zero-order valence-electron chi connectivity index (χ0n) is 13.2. The van der Waals surface area contributed by atoms with E-state index in [1.807, 2.05) is 0 Å². The molecule has 0 aliphatic heterocycles. The van der Waals surface area contributed by atoms with Crippen molar-refractivity contribution in [1.29, 1.82) is 0 Å². The molecule has 3 heteroatoms. The third kappa shape index (κ3) is 3.59. The first-order valence-corrected chi connectivity index (χ1v) is 7.78. The van der Waals surface area contributed by atoms with Crippen molar-refractivity contribution < 1.29 is 0 Å². The molecule has 3 nitrogen and oxygen atoms in total. The summed E-state index contributed by atoms with van der Waals surface area (Å²) in [6.45, 7) is 12.2. The summed E-state index contributed by atoms with van der Waals surface area (Å²) >= 11 is 0. The van der Waals surface area contributed by atoms with Crippen LogP contribution >= 0.6 is 0 Å². The maximum atomic E-state index is 4.78. The van der Waals surface area contributed by atoms with Crippen LogP contribution in [0.1, 0.15) is 63.0 Å². The Morgan fingerprint density at radius 1 is 1.26 bits per heavy atom. The Morgan fingerprint density at radius 2 is 1.95 bits per heavy atom. The van der Waals surface area contributed by atoms with Gasteiger partial charge in [0.2, 0.25) is 0 Å². The van der Waals surface area contributed by atoms with Gasteiger partial charge < -0.3 is 5.32 Å². The van der Waals surface area contributed by atoms with E-state index >= 15 is 0 Å². The van der Waals surface area contributed by atoms with Crippen LogP contribution in [-0.2, 0) is 6.42 Å². The largest absolute Gasteiger partial charge is 0.315 e.